The first-order chi connectivity index (χ1) is 9.83. The van der Waals surface area contributed by atoms with Crippen molar-refractivity contribution in [3.63, 3.8) is 0 Å². The molecule has 2 nitrogen and oxygen atoms in total. The number of nitrogens with zero attached hydrogens (tertiary/aromatic N) is 1. The van der Waals surface area contributed by atoms with E-state index in [1.54, 1.807) is 31.3 Å². The molecule has 118 valence electrons. The number of allylic oxidation sites excluding steroid dienone is 7. The number of hydrogen-bond donors (Lipinski definition) is 0. The Morgan fingerprint density at radius 2 is 1.76 bits per heavy atom. The Labute approximate surface area is 124 Å². The predicted molar refractivity (Wildman–Crippen MR) is 79.8 cm³/mol. The fourth-order valence-electron chi connectivity index (χ4n) is 1.52. The molecule has 0 saturated carbocycles. The third kappa shape index (κ3) is 7.54. The van der Waals surface area contributed by atoms with Crippen LogP contribution < -0.4 is 0 Å². The Morgan fingerprint density at radius 3 is 2.19 bits per heavy atom. The van der Waals surface area contributed by atoms with Crippen LogP contribution in [0.2, 0.25) is 0 Å². The molecule has 0 fully saturated rings. The highest BCUT2D eigenvalue weighted by atomic mass is 19.2. The average Bonchev–Trinajstić information content (AvgIpc) is 2.42. The van der Waals surface area contributed by atoms with Crippen LogP contribution in [0.15, 0.2) is 47.2 Å². The number of carbonyl (C=O) groups excluding carboxylic acids is 1. The van der Waals surface area contributed by atoms with Crippen LogP contribution in [0.25, 0.3) is 0 Å². The summed E-state index contributed by atoms with van der Waals surface area (Å²) in [5, 5.41) is 0. The van der Waals surface area contributed by atoms with E-state index in [1.807, 2.05) is 13.0 Å². The van der Waals surface area contributed by atoms with Gasteiger partial charge in [-0.05, 0) is 25.8 Å². The summed E-state index contributed by atoms with van der Waals surface area (Å²) in [6.45, 7) is 1.71. The zero-order valence-corrected chi connectivity index (χ0v) is 12.9. The molecule has 0 heterocycles. The van der Waals surface area contributed by atoms with Crippen molar-refractivity contribution in [1.82, 2.24) is 4.90 Å². The van der Waals surface area contributed by atoms with Crippen molar-refractivity contribution in [2.45, 2.75) is 26.7 Å². The van der Waals surface area contributed by atoms with Crippen LogP contribution in [-0.2, 0) is 4.79 Å². The van der Waals surface area contributed by atoms with Crippen molar-refractivity contribution in [3.05, 3.63) is 47.2 Å². The van der Waals surface area contributed by atoms with E-state index in [1.165, 1.54) is 0 Å². The highest BCUT2D eigenvalue weighted by Crippen LogP contribution is 2.17. The highest BCUT2D eigenvalue weighted by molar-refractivity contribution is 6.08. The van der Waals surface area contributed by atoms with Crippen molar-refractivity contribution in [2.24, 2.45) is 0 Å². The molecule has 0 N–H and O–H groups in total. The Bertz CT molecular complexity index is 470. The first kappa shape index (κ1) is 19.2. The number of rotatable bonds is 8. The molecular formula is C16H22F3NO. The summed E-state index contributed by atoms with van der Waals surface area (Å²) in [7, 11) is 3.45. The summed E-state index contributed by atoms with van der Waals surface area (Å²) in [6.07, 6.45) is 6.95. The lowest BCUT2D eigenvalue weighted by atomic mass is 10.0. The third-order valence-electron chi connectivity index (χ3n) is 2.51. The maximum atomic E-state index is 13.2. The van der Waals surface area contributed by atoms with Crippen molar-refractivity contribution in [3.8, 4) is 0 Å². The van der Waals surface area contributed by atoms with E-state index in [-0.39, 0.29) is 0 Å². The monoisotopic (exact) mass is 301 g/mol. The highest BCUT2D eigenvalue weighted by Gasteiger charge is 2.16. The van der Waals surface area contributed by atoms with Crippen LogP contribution in [0.4, 0.5) is 13.2 Å². The molecule has 0 bridgehead atoms. The zero-order chi connectivity index (χ0) is 16.4. The van der Waals surface area contributed by atoms with E-state index >= 15 is 0 Å². The van der Waals surface area contributed by atoms with Crippen molar-refractivity contribution in [1.29, 1.82) is 0 Å². The molecule has 5 heteroatoms. The predicted octanol–water partition coefficient (Wildman–Crippen LogP) is 4.42. The Hall–Kier alpha value is -1.78. The van der Waals surface area contributed by atoms with Crippen LogP contribution >= 0.6 is 0 Å². The second-order valence-corrected chi connectivity index (χ2v) is 4.72. The molecule has 0 amide bonds. The van der Waals surface area contributed by atoms with Gasteiger partial charge in [-0.2, -0.15) is 0 Å². The van der Waals surface area contributed by atoms with Crippen LogP contribution in [-0.4, -0.2) is 31.5 Å². The molecule has 0 unspecified atom stereocenters. The van der Waals surface area contributed by atoms with Gasteiger partial charge >= 0.3 is 0 Å². The normalized spacial score (nSPS) is 14.4. The molecule has 0 radical (unpaired) electrons. The second-order valence-electron chi connectivity index (χ2n) is 4.72. The summed E-state index contributed by atoms with van der Waals surface area (Å²) < 4.78 is 38.9. The minimum Gasteiger partial charge on any atom is -0.383 e. The smallest absolute Gasteiger partial charge is 0.189 e. The van der Waals surface area contributed by atoms with E-state index in [0.29, 0.717) is 18.1 Å². The Morgan fingerprint density at radius 1 is 1.14 bits per heavy atom. The number of hydrogen-bond acceptors (Lipinski definition) is 2. The van der Waals surface area contributed by atoms with Gasteiger partial charge < -0.3 is 4.90 Å². The number of alkyl halides is 1. The van der Waals surface area contributed by atoms with Gasteiger partial charge in [-0.1, -0.05) is 19.1 Å². The summed E-state index contributed by atoms with van der Waals surface area (Å²) in [5.41, 5.74) is -0.0830. The second kappa shape index (κ2) is 10.0. The lowest BCUT2D eigenvalue weighted by Crippen LogP contribution is -2.12. The van der Waals surface area contributed by atoms with Gasteiger partial charge in [0, 0.05) is 31.4 Å². The fraction of sp³-hybridized carbons (Fsp3) is 0.438. The molecule has 0 aliphatic rings. The molecule has 21 heavy (non-hydrogen) atoms. The van der Waals surface area contributed by atoms with E-state index < -0.39 is 29.7 Å². The van der Waals surface area contributed by atoms with Gasteiger partial charge in [-0.15, -0.1) is 0 Å². The lowest BCUT2D eigenvalue weighted by Gasteiger charge is -2.11. The first-order valence-electron chi connectivity index (χ1n) is 6.68. The van der Waals surface area contributed by atoms with Crippen LogP contribution in [0, 0.1) is 0 Å². The van der Waals surface area contributed by atoms with Crippen molar-refractivity contribution >= 4 is 5.78 Å². The maximum Gasteiger partial charge on any atom is 0.189 e. The first-order valence-corrected chi connectivity index (χ1v) is 6.68. The molecule has 0 aliphatic heterocycles. The van der Waals surface area contributed by atoms with Gasteiger partial charge in [0.1, 0.15) is 12.5 Å². The molecule has 0 aliphatic carbocycles. The number of carbonyl (C=O) groups is 1. The molecule has 0 aromatic carbocycles. The van der Waals surface area contributed by atoms with Crippen LogP contribution in [0.1, 0.15) is 26.7 Å². The van der Waals surface area contributed by atoms with E-state index in [9.17, 15) is 18.0 Å². The number of Topliss-reactive ketones (excluding diaryl/α,β-unsaturated/α-hetero) is 1. The van der Waals surface area contributed by atoms with Crippen molar-refractivity contribution < 1.29 is 18.0 Å². The minimum atomic E-state index is -1.23. The van der Waals surface area contributed by atoms with Crippen LogP contribution in [0.5, 0.6) is 0 Å². The zero-order valence-electron chi connectivity index (χ0n) is 12.9. The standard InChI is InChI=1S/C16H22F3NO/c1-5-6-7-8-13(11-20(3)4)16(21)14(10-17)9-15(19)12(2)18/h6-7,9,11H,5,8,10H2,1-4H3/b7-6-,13-11+,14-9+,15-12-. The molecule has 0 saturated heterocycles. The van der Waals surface area contributed by atoms with Crippen molar-refractivity contribution in [2.75, 3.05) is 20.8 Å². The fourth-order valence-corrected chi connectivity index (χ4v) is 1.52. The van der Waals surface area contributed by atoms with Gasteiger partial charge in [-0.3, -0.25) is 4.79 Å². The van der Waals surface area contributed by atoms with Gasteiger partial charge in [0.2, 0.25) is 0 Å². The van der Waals surface area contributed by atoms with E-state index in [0.717, 1.165) is 13.3 Å². The average molecular weight is 301 g/mol. The van der Waals surface area contributed by atoms with Gasteiger partial charge in [-0.25, -0.2) is 13.2 Å². The third-order valence-corrected chi connectivity index (χ3v) is 2.51. The SMILES string of the molecule is CC/C=C\C/C(=C\N(C)C)C(=O)/C(=C/C(F)=C(\C)F)CF. The summed E-state index contributed by atoms with van der Waals surface area (Å²) >= 11 is 0. The Balaban J connectivity index is 5.44. The quantitative estimate of drug-likeness (QED) is 0.376. The molecule has 0 aromatic rings. The lowest BCUT2D eigenvalue weighted by molar-refractivity contribution is -0.112. The number of ketones is 1. The molecule has 0 rings (SSSR count). The maximum absolute atomic E-state index is 13.2. The summed E-state index contributed by atoms with van der Waals surface area (Å²) in [6, 6.07) is 0. The minimum absolute atomic E-state index is 0.308. The summed E-state index contributed by atoms with van der Waals surface area (Å²) in [5.74, 6) is -2.94. The van der Waals surface area contributed by atoms with E-state index in [4.69, 9.17) is 0 Å². The van der Waals surface area contributed by atoms with Crippen LogP contribution in [0.3, 0.4) is 0 Å². The molecular weight excluding hydrogens is 279 g/mol. The van der Waals surface area contributed by atoms with Gasteiger partial charge in [0.15, 0.2) is 11.6 Å². The topological polar surface area (TPSA) is 20.3 Å². The van der Waals surface area contributed by atoms with Gasteiger partial charge in [0.25, 0.3) is 0 Å². The number of halogens is 3. The Kier molecular flexibility index (Phi) is 9.17. The van der Waals surface area contributed by atoms with Gasteiger partial charge in [0.05, 0.1) is 0 Å². The molecule has 0 atom stereocenters. The molecule has 0 spiro atoms. The van der Waals surface area contributed by atoms with E-state index in [2.05, 4.69) is 0 Å². The summed E-state index contributed by atoms with van der Waals surface area (Å²) in [4.78, 5) is 13.9. The molecule has 0 aromatic heterocycles. The largest absolute Gasteiger partial charge is 0.383 e.